The Morgan fingerprint density at radius 1 is 1.03 bits per heavy atom. The standard InChI is InChI=1S/C28H22ClN5O2/c1-33(2)28(36)19-11-13-24(14-12-19)31-27(35)21(17-30)15-22-18-34(25-9-4-3-5-10-25)32-26(22)20-7-6-8-23(29)16-20/h3-16,18H,1-2H3,(H,31,35)/b21-15+. The van der Waals surface area contributed by atoms with Crippen LogP contribution in [-0.4, -0.2) is 40.6 Å². The third kappa shape index (κ3) is 5.52. The molecular weight excluding hydrogens is 474 g/mol. The first-order valence-electron chi connectivity index (χ1n) is 11.0. The molecule has 0 aliphatic carbocycles. The Bertz CT molecular complexity index is 1480. The van der Waals surface area contributed by atoms with Crippen LogP contribution in [0.3, 0.4) is 0 Å². The van der Waals surface area contributed by atoms with Gasteiger partial charge >= 0.3 is 0 Å². The van der Waals surface area contributed by atoms with Crippen LogP contribution in [0.5, 0.6) is 0 Å². The number of nitriles is 1. The van der Waals surface area contributed by atoms with Gasteiger partial charge in [0.15, 0.2) is 0 Å². The van der Waals surface area contributed by atoms with Crippen molar-refractivity contribution in [3.05, 3.63) is 107 Å². The molecule has 178 valence electrons. The second-order valence-corrected chi connectivity index (χ2v) is 8.56. The van der Waals surface area contributed by atoms with Gasteiger partial charge in [-0.2, -0.15) is 10.4 Å². The second kappa shape index (κ2) is 10.7. The van der Waals surface area contributed by atoms with Gasteiger partial charge in [0, 0.05) is 47.7 Å². The van der Waals surface area contributed by atoms with Gasteiger partial charge in [0.1, 0.15) is 17.3 Å². The largest absolute Gasteiger partial charge is 0.345 e. The first-order chi connectivity index (χ1) is 17.4. The molecule has 3 aromatic carbocycles. The first-order valence-corrected chi connectivity index (χ1v) is 11.4. The number of anilines is 1. The number of carbonyl (C=O) groups excluding carboxylic acids is 2. The highest BCUT2D eigenvalue weighted by Crippen LogP contribution is 2.28. The topological polar surface area (TPSA) is 91.0 Å². The number of benzene rings is 3. The molecule has 1 aromatic heterocycles. The fourth-order valence-corrected chi connectivity index (χ4v) is 3.71. The summed E-state index contributed by atoms with van der Waals surface area (Å²) in [5.74, 6) is -0.719. The fourth-order valence-electron chi connectivity index (χ4n) is 3.52. The van der Waals surface area contributed by atoms with Gasteiger partial charge in [-0.3, -0.25) is 9.59 Å². The Morgan fingerprint density at radius 2 is 1.75 bits per heavy atom. The van der Waals surface area contributed by atoms with E-state index in [2.05, 4.69) is 5.32 Å². The lowest BCUT2D eigenvalue weighted by atomic mass is 10.1. The monoisotopic (exact) mass is 495 g/mol. The molecule has 7 nitrogen and oxygen atoms in total. The summed E-state index contributed by atoms with van der Waals surface area (Å²) in [5.41, 5.74) is 3.60. The van der Waals surface area contributed by atoms with E-state index in [1.807, 2.05) is 48.5 Å². The molecule has 0 bridgehead atoms. The van der Waals surface area contributed by atoms with E-state index in [1.165, 1.54) is 11.0 Å². The molecule has 0 fully saturated rings. The summed E-state index contributed by atoms with van der Waals surface area (Å²) in [5, 5.41) is 17.7. The number of hydrogen-bond acceptors (Lipinski definition) is 4. The molecule has 0 atom stereocenters. The van der Waals surface area contributed by atoms with Crippen molar-refractivity contribution >= 4 is 35.2 Å². The lowest BCUT2D eigenvalue weighted by Crippen LogP contribution is -2.21. The quantitative estimate of drug-likeness (QED) is 0.285. The molecular formula is C28H22ClN5O2. The highest BCUT2D eigenvalue weighted by atomic mass is 35.5. The molecule has 0 aliphatic rings. The summed E-state index contributed by atoms with van der Waals surface area (Å²) in [6.07, 6.45) is 3.26. The molecule has 8 heteroatoms. The molecule has 0 radical (unpaired) electrons. The van der Waals surface area contributed by atoms with Gasteiger partial charge < -0.3 is 10.2 Å². The smallest absolute Gasteiger partial charge is 0.266 e. The minimum Gasteiger partial charge on any atom is -0.345 e. The third-order valence-electron chi connectivity index (χ3n) is 5.32. The summed E-state index contributed by atoms with van der Waals surface area (Å²) >= 11 is 6.20. The van der Waals surface area contributed by atoms with E-state index in [9.17, 15) is 14.9 Å². The zero-order chi connectivity index (χ0) is 25.7. The second-order valence-electron chi connectivity index (χ2n) is 8.12. The number of halogens is 1. The molecule has 0 saturated carbocycles. The van der Waals surface area contributed by atoms with Gasteiger partial charge in [0.2, 0.25) is 0 Å². The molecule has 36 heavy (non-hydrogen) atoms. The normalized spacial score (nSPS) is 11.0. The van der Waals surface area contributed by atoms with Crippen LogP contribution in [-0.2, 0) is 4.79 Å². The maximum Gasteiger partial charge on any atom is 0.266 e. The number of nitrogens with zero attached hydrogens (tertiary/aromatic N) is 4. The number of aromatic nitrogens is 2. The zero-order valence-electron chi connectivity index (χ0n) is 19.6. The van der Waals surface area contributed by atoms with E-state index in [0.717, 1.165) is 11.3 Å². The van der Waals surface area contributed by atoms with E-state index in [1.54, 1.807) is 61.4 Å². The third-order valence-corrected chi connectivity index (χ3v) is 5.56. The lowest BCUT2D eigenvalue weighted by Gasteiger charge is -2.11. The Hall–Kier alpha value is -4.67. The molecule has 2 amide bonds. The number of nitrogens with one attached hydrogen (secondary N) is 1. The summed E-state index contributed by atoms with van der Waals surface area (Å²) in [6.45, 7) is 0. The van der Waals surface area contributed by atoms with E-state index in [4.69, 9.17) is 16.7 Å². The maximum absolute atomic E-state index is 12.9. The van der Waals surface area contributed by atoms with Gasteiger partial charge in [0.25, 0.3) is 11.8 Å². The van der Waals surface area contributed by atoms with Crippen molar-refractivity contribution in [3.8, 4) is 23.0 Å². The number of carbonyl (C=O) groups is 2. The van der Waals surface area contributed by atoms with Crippen molar-refractivity contribution in [1.29, 1.82) is 5.26 Å². The van der Waals surface area contributed by atoms with Crippen LogP contribution in [0.2, 0.25) is 5.02 Å². The molecule has 1 N–H and O–H groups in total. The summed E-state index contributed by atoms with van der Waals surface area (Å²) in [4.78, 5) is 26.5. The van der Waals surface area contributed by atoms with E-state index in [0.29, 0.717) is 27.5 Å². The van der Waals surface area contributed by atoms with Crippen molar-refractivity contribution in [2.75, 3.05) is 19.4 Å². The van der Waals surface area contributed by atoms with Crippen LogP contribution in [0.4, 0.5) is 5.69 Å². The Balaban J connectivity index is 1.67. The SMILES string of the molecule is CN(C)C(=O)c1ccc(NC(=O)/C(C#N)=C/c2cn(-c3ccccc3)nc2-c2cccc(Cl)c2)cc1. The molecule has 0 saturated heterocycles. The number of amides is 2. The maximum atomic E-state index is 12.9. The van der Waals surface area contributed by atoms with Crippen molar-refractivity contribution < 1.29 is 9.59 Å². The molecule has 0 aliphatic heterocycles. The number of para-hydroxylation sites is 1. The molecule has 4 aromatic rings. The van der Waals surface area contributed by atoms with Gasteiger partial charge in [-0.15, -0.1) is 0 Å². The average Bonchev–Trinajstić information content (AvgIpc) is 3.31. The first kappa shape index (κ1) is 24.5. The zero-order valence-corrected chi connectivity index (χ0v) is 20.4. The fraction of sp³-hybridized carbons (Fsp3) is 0.0714. The Kier molecular flexibility index (Phi) is 7.28. The van der Waals surface area contributed by atoms with Crippen molar-refractivity contribution in [1.82, 2.24) is 14.7 Å². The van der Waals surface area contributed by atoms with Gasteiger partial charge in [-0.25, -0.2) is 4.68 Å². The minimum atomic E-state index is -0.575. The molecule has 0 unspecified atom stereocenters. The van der Waals surface area contributed by atoms with Gasteiger partial charge in [0.05, 0.1) is 5.69 Å². The summed E-state index contributed by atoms with van der Waals surface area (Å²) in [6, 6.07) is 25.2. The summed E-state index contributed by atoms with van der Waals surface area (Å²) < 4.78 is 1.69. The van der Waals surface area contributed by atoms with Crippen LogP contribution < -0.4 is 5.32 Å². The number of rotatable bonds is 6. The van der Waals surface area contributed by atoms with Crippen molar-refractivity contribution in [2.24, 2.45) is 0 Å². The van der Waals surface area contributed by atoms with E-state index >= 15 is 0 Å². The van der Waals surface area contributed by atoms with Gasteiger partial charge in [-0.05, 0) is 54.6 Å². The predicted octanol–water partition coefficient (Wildman–Crippen LogP) is 5.44. The highest BCUT2D eigenvalue weighted by Gasteiger charge is 2.16. The van der Waals surface area contributed by atoms with Crippen LogP contribution >= 0.6 is 11.6 Å². The lowest BCUT2D eigenvalue weighted by molar-refractivity contribution is -0.112. The number of hydrogen-bond donors (Lipinski definition) is 1. The average molecular weight is 496 g/mol. The van der Waals surface area contributed by atoms with E-state index < -0.39 is 5.91 Å². The van der Waals surface area contributed by atoms with Crippen LogP contribution in [0, 0.1) is 11.3 Å². The molecule has 4 rings (SSSR count). The highest BCUT2D eigenvalue weighted by molar-refractivity contribution is 6.30. The van der Waals surface area contributed by atoms with Crippen molar-refractivity contribution in [3.63, 3.8) is 0 Å². The van der Waals surface area contributed by atoms with Gasteiger partial charge in [-0.1, -0.05) is 41.9 Å². The Morgan fingerprint density at radius 3 is 2.39 bits per heavy atom. The summed E-state index contributed by atoms with van der Waals surface area (Å²) in [7, 11) is 3.33. The predicted molar refractivity (Wildman–Crippen MR) is 141 cm³/mol. The Labute approximate surface area is 213 Å². The van der Waals surface area contributed by atoms with E-state index in [-0.39, 0.29) is 11.5 Å². The van der Waals surface area contributed by atoms with Crippen LogP contribution in [0.1, 0.15) is 15.9 Å². The molecule has 1 heterocycles. The van der Waals surface area contributed by atoms with Crippen LogP contribution in [0.15, 0.2) is 90.6 Å². The minimum absolute atomic E-state index is 0.0978. The van der Waals surface area contributed by atoms with Crippen molar-refractivity contribution in [2.45, 2.75) is 0 Å². The molecule has 0 spiro atoms. The van der Waals surface area contributed by atoms with Crippen LogP contribution in [0.25, 0.3) is 23.0 Å².